The van der Waals surface area contributed by atoms with Gasteiger partial charge < -0.3 is 15.5 Å². The van der Waals surface area contributed by atoms with E-state index >= 15 is 0 Å². The number of carbonyl (C=O) groups is 1. The van der Waals surface area contributed by atoms with Crippen molar-refractivity contribution in [3.8, 4) is 0 Å². The molecular formula is C21H35N5OS2. The predicted octanol–water partition coefficient (Wildman–Crippen LogP) is 3.46. The van der Waals surface area contributed by atoms with E-state index in [0.29, 0.717) is 24.4 Å². The number of thiazole rings is 1. The first-order valence-corrected chi connectivity index (χ1v) is 13.0. The molecular weight excluding hydrogens is 402 g/mol. The Bertz CT molecular complexity index is 676. The highest BCUT2D eigenvalue weighted by atomic mass is 32.2. The quantitative estimate of drug-likeness (QED) is 0.527. The van der Waals surface area contributed by atoms with E-state index in [0.717, 1.165) is 68.5 Å². The summed E-state index contributed by atoms with van der Waals surface area (Å²) in [7, 11) is 0. The largest absolute Gasteiger partial charge is 0.357 e. The Hall–Kier alpha value is -1.28. The number of hydrogen-bond acceptors (Lipinski definition) is 5. The maximum Gasteiger partial charge on any atom is 0.225 e. The minimum absolute atomic E-state index is 0.208. The molecule has 2 aliphatic rings. The van der Waals surface area contributed by atoms with E-state index < -0.39 is 0 Å². The fourth-order valence-electron chi connectivity index (χ4n) is 3.86. The summed E-state index contributed by atoms with van der Waals surface area (Å²) >= 11 is 3.67. The zero-order valence-corrected chi connectivity index (χ0v) is 19.6. The Kier molecular flexibility index (Phi) is 8.66. The molecule has 162 valence electrons. The zero-order chi connectivity index (χ0) is 20.6. The molecule has 0 radical (unpaired) electrons. The van der Waals surface area contributed by atoms with Crippen LogP contribution in [-0.2, 0) is 11.3 Å². The summed E-state index contributed by atoms with van der Waals surface area (Å²) in [6, 6.07) is 0.385. The molecule has 1 aliphatic heterocycles. The van der Waals surface area contributed by atoms with Gasteiger partial charge in [-0.15, -0.1) is 11.3 Å². The molecule has 0 unspecified atom stereocenters. The Balaban J connectivity index is 1.48. The smallest absolute Gasteiger partial charge is 0.225 e. The highest BCUT2D eigenvalue weighted by molar-refractivity contribution is 7.99. The summed E-state index contributed by atoms with van der Waals surface area (Å²) in [6.45, 7) is 9.71. The van der Waals surface area contributed by atoms with Crippen LogP contribution in [0.15, 0.2) is 10.4 Å². The topological polar surface area (TPSA) is 69.6 Å². The van der Waals surface area contributed by atoms with Crippen LogP contribution in [0.1, 0.15) is 63.1 Å². The van der Waals surface area contributed by atoms with Gasteiger partial charge in [0, 0.05) is 54.4 Å². The molecule has 0 atom stereocenters. The molecule has 1 amide bonds. The summed E-state index contributed by atoms with van der Waals surface area (Å²) < 4.78 is 0. The fraction of sp³-hybridized carbons (Fsp3) is 0.762. The second-order valence-electron chi connectivity index (χ2n) is 8.16. The van der Waals surface area contributed by atoms with Crippen molar-refractivity contribution in [1.29, 1.82) is 0 Å². The summed E-state index contributed by atoms with van der Waals surface area (Å²) in [6.07, 6.45) is 4.00. The molecule has 8 heteroatoms. The minimum atomic E-state index is 0.208. The van der Waals surface area contributed by atoms with Crippen molar-refractivity contribution in [1.82, 2.24) is 20.5 Å². The summed E-state index contributed by atoms with van der Waals surface area (Å²) in [4.78, 5) is 24.2. The van der Waals surface area contributed by atoms with Gasteiger partial charge in [0.25, 0.3) is 0 Å². The number of guanidine groups is 1. The summed E-state index contributed by atoms with van der Waals surface area (Å²) in [5.41, 5.74) is 1.03. The van der Waals surface area contributed by atoms with Crippen LogP contribution in [0.2, 0.25) is 0 Å². The van der Waals surface area contributed by atoms with Gasteiger partial charge in [-0.05, 0) is 32.6 Å². The Morgan fingerprint density at radius 3 is 2.62 bits per heavy atom. The molecule has 2 fully saturated rings. The standard InChI is InChI=1S/C21H35N5OS2/c1-4-22-21(23-13-18-14-29-19(24-18)15(2)3)25-17-7-5-16(6-8-17)20(27)26-9-11-28-12-10-26/h14-17H,4-13H2,1-3H3,(H2,22,23,25). The van der Waals surface area contributed by atoms with E-state index in [9.17, 15) is 4.79 Å². The number of nitrogens with one attached hydrogen (secondary N) is 2. The molecule has 0 bridgehead atoms. The SMILES string of the molecule is CCNC(=NCc1csc(C(C)C)n1)NC1CCC(C(=O)N2CCSCC2)CC1. The highest BCUT2D eigenvalue weighted by Gasteiger charge is 2.30. The first-order chi connectivity index (χ1) is 14.1. The highest BCUT2D eigenvalue weighted by Crippen LogP contribution is 2.27. The first kappa shape index (κ1) is 22.4. The molecule has 1 saturated heterocycles. The van der Waals surface area contributed by atoms with Crippen LogP contribution in [0.5, 0.6) is 0 Å². The normalized spacial score (nSPS) is 23.3. The van der Waals surface area contributed by atoms with E-state index in [-0.39, 0.29) is 5.92 Å². The van der Waals surface area contributed by atoms with Crippen molar-refractivity contribution in [2.45, 2.75) is 65.0 Å². The Morgan fingerprint density at radius 2 is 2.00 bits per heavy atom. The molecule has 0 spiro atoms. The van der Waals surface area contributed by atoms with Gasteiger partial charge in [-0.2, -0.15) is 11.8 Å². The number of hydrogen-bond donors (Lipinski definition) is 2. The van der Waals surface area contributed by atoms with Crippen LogP contribution in [0.25, 0.3) is 0 Å². The third-order valence-corrected chi connectivity index (χ3v) is 7.68. The Labute approximate surface area is 183 Å². The number of aliphatic imine (C=N–C) groups is 1. The number of amides is 1. The molecule has 2 heterocycles. The third kappa shape index (κ3) is 6.60. The summed E-state index contributed by atoms with van der Waals surface area (Å²) in [5.74, 6) is 4.08. The van der Waals surface area contributed by atoms with Gasteiger partial charge in [-0.25, -0.2) is 9.98 Å². The molecule has 2 N–H and O–H groups in total. The van der Waals surface area contributed by atoms with E-state index in [2.05, 4.69) is 46.7 Å². The zero-order valence-electron chi connectivity index (χ0n) is 17.9. The average Bonchev–Trinajstić information content (AvgIpc) is 3.22. The lowest BCUT2D eigenvalue weighted by Crippen LogP contribution is -2.47. The first-order valence-electron chi connectivity index (χ1n) is 10.9. The van der Waals surface area contributed by atoms with Crippen LogP contribution in [0.4, 0.5) is 0 Å². The van der Waals surface area contributed by atoms with Crippen LogP contribution >= 0.6 is 23.1 Å². The van der Waals surface area contributed by atoms with Crippen LogP contribution < -0.4 is 10.6 Å². The van der Waals surface area contributed by atoms with E-state index in [1.165, 1.54) is 5.01 Å². The lowest BCUT2D eigenvalue weighted by molar-refractivity contribution is -0.136. The lowest BCUT2D eigenvalue weighted by atomic mass is 9.85. The van der Waals surface area contributed by atoms with Gasteiger partial charge in [0.1, 0.15) is 0 Å². The van der Waals surface area contributed by atoms with Crippen LogP contribution in [-0.4, -0.2) is 58.9 Å². The second kappa shape index (κ2) is 11.2. The van der Waals surface area contributed by atoms with Crippen LogP contribution in [0.3, 0.4) is 0 Å². The molecule has 1 aliphatic carbocycles. The fourth-order valence-corrected chi connectivity index (χ4v) is 5.59. The lowest BCUT2D eigenvalue weighted by Gasteiger charge is -2.34. The van der Waals surface area contributed by atoms with Crippen molar-refractivity contribution in [3.05, 3.63) is 16.1 Å². The van der Waals surface area contributed by atoms with Crippen molar-refractivity contribution in [2.24, 2.45) is 10.9 Å². The molecule has 3 rings (SSSR count). The van der Waals surface area contributed by atoms with Gasteiger partial charge in [0.2, 0.25) is 5.91 Å². The van der Waals surface area contributed by atoms with E-state index in [1.54, 1.807) is 11.3 Å². The molecule has 1 aromatic heterocycles. The van der Waals surface area contributed by atoms with Crippen molar-refractivity contribution in [3.63, 3.8) is 0 Å². The predicted molar refractivity (Wildman–Crippen MR) is 124 cm³/mol. The van der Waals surface area contributed by atoms with E-state index in [1.807, 2.05) is 11.8 Å². The number of carbonyl (C=O) groups excluding carboxylic acids is 1. The maximum absolute atomic E-state index is 12.7. The monoisotopic (exact) mass is 437 g/mol. The third-order valence-electron chi connectivity index (χ3n) is 5.55. The molecule has 1 saturated carbocycles. The van der Waals surface area contributed by atoms with Gasteiger partial charge >= 0.3 is 0 Å². The van der Waals surface area contributed by atoms with Crippen molar-refractivity contribution in [2.75, 3.05) is 31.1 Å². The van der Waals surface area contributed by atoms with Crippen molar-refractivity contribution < 1.29 is 4.79 Å². The number of rotatable bonds is 6. The second-order valence-corrected chi connectivity index (χ2v) is 10.3. The molecule has 1 aromatic rings. The van der Waals surface area contributed by atoms with Gasteiger partial charge in [-0.1, -0.05) is 13.8 Å². The summed E-state index contributed by atoms with van der Waals surface area (Å²) in [5, 5.41) is 10.2. The Morgan fingerprint density at radius 1 is 1.28 bits per heavy atom. The van der Waals surface area contributed by atoms with Crippen LogP contribution in [0, 0.1) is 5.92 Å². The van der Waals surface area contributed by atoms with Crippen molar-refractivity contribution >= 4 is 35.0 Å². The number of nitrogens with zero attached hydrogens (tertiary/aromatic N) is 3. The minimum Gasteiger partial charge on any atom is -0.357 e. The molecule has 29 heavy (non-hydrogen) atoms. The van der Waals surface area contributed by atoms with Gasteiger partial charge in [0.15, 0.2) is 5.96 Å². The number of aromatic nitrogens is 1. The van der Waals surface area contributed by atoms with Gasteiger partial charge in [0.05, 0.1) is 17.2 Å². The van der Waals surface area contributed by atoms with Gasteiger partial charge in [-0.3, -0.25) is 4.79 Å². The number of thioether (sulfide) groups is 1. The maximum atomic E-state index is 12.7. The molecule has 0 aromatic carbocycles. The average molecular weight is 438 g/mol. The van der Waals surface area contributed by atoms with E-state index in [4.69, 9.17) is 4.99 Å². The molecule has 6 nitrogen and oxygen atoms in total.